The molecule has 3 nitrogen and oxygen atoms in total. The van der Waals surface area contributed by atoms with E-state index in [1.165, 1.54) is 0 Å². The lowest BCUT2D eigenvalue weighted by Crippen LogP contribution is -2.36. The van der Waals surface area contributed by atoms with Crippen molar-refractivity contribution in [3.05, 3.63) is 29.8 Å². The number of piperidine rings is 1. The predicted octanol–water partition coefficient (Wildman–Crippen LogP) is 2.14. The molecule has 1 fully saturated rings. The number of carbonyl (C=O) groups is 1. The monoisotopic (exact) mass is 254 g/mol. The van der Waals surface area contributed by atoms with E-state index in [1.54, 1.807) is 24.3 Å². The normalized spacial score (nSPS) is 18.3. The molecule has 18 heavy (non-hydrogen) atoms. The molecule has 0 bridgehead atoms. The first kappa shape index (κ1) is 13.0. The highest BCUT2D eigenvalue weighted by Crippen LogP contribution is 2.35. The van der Waals surface area contributed by atoms with E-state index in [0.29, 0.717) is 37.2 Å². The number of nitrogens with one attached hydrogen (secondary N) is 2. The van der Waals surface area contributed by atoms with E-state index in [-0.39, 0.29) is 0 Å². The zero-order valence-corrected chi connectivity index (χ0v) is 10.0. The molecule has 0 radical (unpaired) electrons. The fourth-order valence-corrected chi connectivity index (χ4v) is 2.18. The summed E-state index contributed by atoms with van der Waals surface area (Å²) >= 11 is 0. The van der Waals surface area contributed by atoms with Gasteiger partial charge in [-0.25, -0.2) is 8.78 Å². The highest BCUT2D eigenvalue weighted by molar-refractivity contribution is 5.91. The van der Waals surface area contributed by atoms with Crippen LogP contribution in [0.15, 0.2) is 24.3 Å². The molecular weight excluding hydrogens is 238 g/mol. The molecule has 1 heterocycles. The van der Waals surface area contributed by atoms with Gasteiger partial charge in [-0.05, 0) is 43.6 Å². The van der Waals surface area contributed by atoms with Crippen LogP contribution in [0.25, 0.3) is 0 Å². The van der Waals surface area contributed by atoms with Crippen LogP contribution in [-0.4, -0.2) is 25.7 Å². The van der Waals surface area contributed by atoms with Gasteiger partial charge in [0.1, 0.15) is 5.67 Å². The Morgan fingerprint density at radius 3 is 2.78 bits per heavy atom. The summed E-state index contributed by atoms with van der Waals surface area (Å²) in [5, 5.41) is 5.50. The largest absolute Gasteiger partial charge is 0.324 e. The van der Waals surface area contributed by atoms with Crippen molar-refractivity contribution >= 4 is 11.6 Å². The zero-order chi connectivity index (χ0) is 13.0. The van der Waals surface area contributed by atoms with E-state index in [2.05, 4.69) is 10.6 Å². The lowest BCUT2D eigenvalue weighted by atomic mass is 9.87. The average Bonchev–Trinajstić information content (AvgIpc) is 2.40. The molecule has 2 rings (SSSR count). The summed E-state index contributed by atoms with van der Waals surface area (Å²) in [4.78, 5) is 11.0. The Kier molecular flexibility index (Phi) is 3.91. The van der Waals surface area contributed by atoms with Crippen LogP contribution in [0.5, 0.6) is 0 Å². The topological polar surface area (TPSA) is 41.1 Å². The molecule has 1 aliphatic rings. The van der Waals surface area contributed by atoms with Gasteiger partial charge in [-0.1, -0.05) is 12.1 Å². The lowest BCUT2D eigenvalue weighted by molar-refractivity contribution is -0.117. The van der Waals surface area contributed by atoms with Crippen molar-refractivity contribution in [1.29, 1.82) is 0 Å². The number of anilines is 1. The van der Waals surface area contributed by atoms with Gasteiger partial charge in [0.25, 0.3) is 5.91 Å². The van der Waals surface area contributed by atoms with Crippen molar-refractivity contribution in [3.63, 3.8) is 0 Å². The van der Waals surface area contributed by atoms with Crippen LogP contribution in [-0.2, 0) is 10.5 Å². The fourth-order valence-electron chi connectivity index (χ4n) is 2.18. The van der Waals surface area contributed by atoms with Crippen molar-refractivity contribution in [2.45, 2.75) is 18.5 Å². The smallest absolute Gasteiger partial charge is 0.255 e. The number of hydrogen-bond acceptors (Lipinski definition) is 2. The molecule has 1 amide bonds. The van der Waals surface area contributed by atoms with Crippen molar-refractivity contribution in [2.24, 2.45) is 0 Å². The first-order valence-electron chi connectivity index (χ1n) is 6.00. The number of rotatable bonds is 3. The van der Waals surface area contributed by atoms with Crippen molar-refractivity contribution in [1.82, 2.24) is 5.32 Å². The van der Waals surface area contributed by atoms with Crippen LogP contribution >= 0.6 is 0 Å². The van der Waals surface area contributed by atoms with Crippen LogP contribution in [0.2, 0.25) is 0 Å². The van der Waals surface area contributed by atoms with E-state index in [1.807, 2.05) is 0 Å². The van der Waals surface area contributed by atoms with Crippen molar-refractivity contribution < 1.29 is 13.6 Å². The molecule has 1 aliphatic heterocycles. The second-order valence-electron chi connectivity index (χ2n) is 4.48. The molecule has 1 saturated heterocycles. The third-order valence-corrected chi connectivity index (χ3v) is 3.18. The van der Waals surface area contributed by atoms with Crippen molar-refractivity contribution in [3.8, 4) is 0 Å². The summed E-state index contributed by atoms with van der Waals surface area (Å²) in [7, 11) is 0. The molecule has 0 spiro atoms. The van der Waals surface area contributed by atoms with Crippen LogP contribution in [0.3, 0.4) is 0 Å². The molecule has 2 N–H and O–H groups in total. The second-order valence-corrected chi connectivity index (χ2v) is 4.48. The fraction of sp³-hybridized carbons (Fsp3) is 0.462. The summed E-state index contributed by atoms with van der Waals surface area (Å²) in [6.07, 6.45) is 0.820. The first-order chi connectivity index (χ1) is 8.64. The summed E-state index contributed by atoms with van der Waals surface area (Å²) < 4.78 is 26.8. The van der Waals surface area contributed by atoms with Crippen molar-refractivity contribution in [2.75, 3.05) is 25.1 Å². The zero-order valence-electron chi connectivity index (χ0n) is 10.0. The van der Waals surface area contributed by atoms with Gasteiger partial charge in [0.05, 0.1) is 0 Å². The molecule has 0 aliphatic carbocycles. The Balaban J connectivity index is 2.18. The predicted molar refractivity (Wildman–Crippen MR) is 65.9 cm³/mol. The summed E-state index contributed by atoms with van der Waals surface area (Å²) in [6.45, 7) is 0.198. The molecule has 0 atom stereocenters. The third-order valence-electron chi connectivity index (χ3n) is 3.18. The maximum atomic E-state index is 14.7. The summed E-state index contributed by atoms with van der Waals surface area (Å²) in [5.74, 6) is -0.717. The minimum absolute atomic E-state index is 0.410. The molecular formula is C13H16F2N2O. The SMILES string of the molecule is O=C(CF)Nc1cccc(C2(F)CCNCC2)c1. The Hall–Kier alpha value is -1.49. The van der Waals surface area contributed by atoms with E-state index in [9.17, 15) is 13.6 Å². The Morgan fingerprint density at radius 1 is 1.39 bits per heavy atom. The molecule has 98 valence electrons. The van der Waals surface area contributed by atoms with E-state index in [0.717, 1.165) is 0 Å². The van der Waals surface area contributed by atoms with Gasteiger partial charge in [-0.3, -0.25) is 4.79 Å². The number of amides is 1. The van der Waals surface area contributed by atoms with Gasteiger partial charge >= 0.3 is 0 Å². The minimum Gasteiger partial charge on any atom is -0.324 e. The maximum Gasteiger partial charge on any atom is 0.255 e. The van der Waals surface area contributed by atoms with Gasteiger partial charge in [0, 0.05) is 5.69 Å². The van der Waals surface area contributed by atoms with Crippen LogP contribution in [0.1, 0.15) is 18.4 Å². The van der Waals surface area contributed by atoms with Gasteiger partial charge < -0.3 is 10.6 Å². The van der Waals surface area contributed by atoms with Gasteiger partial charge in [0.2, 0.25) is 0 Å². The van der Waals surface area contributed by atoms with E-state index >= 15 is 0 Å². The second kappa shape index (κ2) is 5.44. The number of carbonyl (C=O) groups excluding carboxylic acids is 1. The summed E-state index contributed by atoms with van der Waals surface area (Å²) in [5.41, 5.74) is -0.381. The third kappa shape index (κ3) is 2.85. The van der Waals surface area contributed by atoms with Gasteiger partial charge in [-0.15, -0.1) is 0 Å². The Labute approximate surface area is 105 Å². The standard InChI is InChI=1S/C13H16F2N2O/c14-9-12(18)17-11-3-1-2-10(8-11)13(15)4-6-16-7-5-13/h1-3,8,16H,4-7,9H2,(H,17,18). The number of halogens is 2. The summed E-state index contributed by atoms with van der Waals surface area (Å²) in [6, 6.07) is 6.59. The first-order valence-corrected chi connectivity index (χ1v) is 6.00. The molecule has 0 saturated carbocycles. The van der Waals surface area contributed by atoms with Gasteiger partial charge in [-0.2, -0.15) is 0 Å². The molecule has 1 aromatic carbocycles. The minimum atomic E-state index is -1.36. The van der Waals surface area contributed by atoms with Crippen LogP contribution in [0, 0.1) is 0 Å². The van der Waals surface area contributed by atoms with Gasteiger partial charge in [0.15, 0.2) is 6.67 Å². The molecule has 5 heteroatoms. The maximum absolute atomic E-state index is 14.7. The highest BCUT2D eigenvalue weighted by atomic mass is 19.1. The van der Waals surface area contributed by atoms with E-state index in [4.69, 9.17) is 0 Å². The van der Waals surface area contributed by atoms with Crippen LogP contribution in [0.4, 0.5) is 14.5 Å². The quantitative estimate of drug-likeness (QED) is 0.867. The number of benzene rings is 1. The van der Waals surface area contributed by atoms with E-state index < -0.39 is 18.3 Å². The highest BCUT2D eigenvalue weighted by Gasteiger charge is 2.33. The number of alkyl halides is 2. The molecule has 1 aromatic rings. The number of hydrogen-bond donors (Lipinski definition) is 2. The molecule has 0 unspecified atom stereocenters. The van der Waals surface area contributed by atoms with Crippen LogP contribution < -0.4 is 10.6 Å². The Morgan fingerprint density at radius 2 is 2.11 bits per heavy atom. The lowest BCUT2D eigenvalue weighted by Gasteiger charge is -2.30. The Bertz CT molecular complexity index is 431. The molecule has 0 aromatic heterocycles. The average molecular weight is 254 g/mol.